The van der Waals surface area contributed by atoms with E-state index in [1.165, 1.54) is 25.7 Å². The highest BCUT2D eigenvalue weighted by atomic mass is 16.3. The van der Waals surface area contributed by atoms with Gasteiger partial charge in [0.1, 0.15) is 0 Å². The summed E-state index contributed by atoms with van der Waals surface area (Å²) in [5.41, 5.74) is 5.27. The zero-order chi connectivity index (χ0) is 13.4. The van der Waals surface area contributed by atoms with Gasteiger partial charge in [-0.05, 0) is 13.0 Å². The van der Waals surface area contributed by atoms with Crippen LogP contribution in [0.2, 0.25) is 0 Å². The van der Waals surface area contributed by atoms with Gasteiger partial charge in [0.2, 0.25) is 0 Å². The number of hydrogen-bond donors (Lipinski definition) is 4. The summed E-state index contributed by atoms with van der Waals surface area (Å²) in [4.78, 5) is 1.79. The lowest BCUT2D eigenvalue weighted by Crippen LogP contribution is -2.32. The van der Waals surface area contributed by atoms with Gasteiger partial charge in [-0.1, -0.05) is 26.2 Å². The quantitative estimate of drug-likeness (QED) is 0.403. The van der Waals surface area contributed by atoms with Gasteiger partial charge in [-0.15, -0.1) is 0 Å². The van der Waals surface area contributed by atoms with Gasteiger partial charge in [0.25, 0.3) is 0 Å². The molecule has 0 aromatic rings. The van der Waals surface area contributed by atoms with E-state index in [1.54, 1.807) is 4.90 Å². The van der Waals surface area contributed by atoms with Crippen molar-refractivity contribution in [2.75, 3.05) is 46.0 Å². The van der Waals surface area contributed by atoms with Crippen molar-refractivity contribution >= 4 is 0 Å². The van der Waals surface area contributed by atoms with Crippen molar-refractivity contribution in [1.82, 2.24) is 4.90 Å². The summed E-state index contributed by atoms with van der Waals surface area (Å²) in [6.45, 7) is 4.82. The van der Waals surface area contributed by atoms with Crippen molar-refractivity contribution in [2.45, 2.75) is 32.6 Å². The highest BCUT2D eigenvalue weighted by Gasteiger charge is 2.00. The van der Waals surface area contributed by atoms with Crippen LogP contribution >= 0.6 is 0 Å². The first-order valence-corrected chi connectivity index (χ1v) is 6.51. The van der Waals surface area contributed by atoms with Crippen molar-refractivity contribution < 1.29 is 15.3 Å². The Kier molecular flexibility index (Phi) is 20.5. The van der Waals surface area contributed by atoms with Gasteiger partial charge in [0.15, 0.2) is 0 Å². The fourth-order valence-electron chi connectivity index (χ4n) is 1.33. The maximum Gasteiger partial charge on any atom is 0.0558 e. The summed E-state index contributed by atoms with van der Waals surface area (Å²) in [5, 5.41) is 25.5. The lowest BCUT2D eigenvalue weighted by molar-refractivity contribution is 0.136. The highest BCUT2D eigenvalue weighted by Crippen LogP contribution is 1.95. The monoisotopic (exact) mass is 250 g/mol. The number of aliphatic hydroxyl groups excluding tert-OH is 3. The van der Waals surface area contributed by atoms with Crippen LogP contribution in [0.4, 0.5) is 0 Å². The SMILES string of the molecule is CCCCCCN.OCCN(CCO)CCO. The second-order valence-electron chi connectivity index (χ2n) is 3.86. The predicted octanol–water partition coefficient (Wildman–Crippen LogP) is -0.209. The lowest BCUT2D eigenvalue weighted by Gasteiger charge is -2.17. The Balaban J connectivity index is 0. The highest BCUT2D eigenvalue weighted by molar-refractivity contribution is 4.54. The van der Waals surface area contributed by atoms with Crippen LogP contribution in [0, 0.1) is 0 Å². The van der Waals surface area contributed by atoms with Crippen LogP contribution < -0.4 is 5.73 Å². The smallest absolute Gasteiger partial charge is 0.0558 e. The average Bonchev–Trinajstić information content (AvgIpc) is 2.32. The van der Waals surface area contributed by atoms with Gasteiger partial charge in [-0.2, -0.15) is 0 Å². The molecule has 0 fully saturated rings. The van der Waals surface area contributed by atoms with Crippen LogP contribution in [0.25, 0.3) is 0 Å². The summed E-state index contributed by atoms with van der Waals surface area (Å²) in [6.07, 6.45) is 5.16. The third-order valence-corrected chi connectivity index (χ3v) is 2.31. The molecule has 0 unspecified atom stereocenters. The number of hydrogen-bond acceptors (Lipinski definition) is 5. The predicted molar refractivity (Wildman–Crippen MR) is 70.9 cm³/mol. The van der Waals surface area contributed by atoms with E-state index in [1.807, 2.05) is 0 Å². The van der Waals surface area contributed by atoms with E-state index in [9.17, 15) is 0 Å². The normalized spacial score (nSPS) is 10.2. The molecule has 0 atom stereocenters. The molecule has 0 radical (unpaired) electrons. The summed E-state index contributed by atoms with van der Waals surface area (Å²) in [5.74, 6) is 0. The zero-order valence-corrected chi connectivity index (χ0v) is 11.1. The topological polar surface area (TPSA) is 90.0 Å². The molecule has 5 N–H and O–H groups in total. The third kappa shape index (κ3) is 18.4. The van der Waals surface area contributed by atoms with Gasteiger partial charge >= 0.3 is 0 Å². The average molecular weight is 250 g/mol. The van der Waals surface area contributed by atoms with Crippen LogP contribution in [0.3, 0.4) is 0 Å². The van der Waals surface area contributed by atoms with Crippen LogP contribution in [-0.2, 0) is 0 Å². The van der Waals surface area contributed by atoms with Crippen LogP contribution in [0.15, 0.2) is 0 Å². The van der Waals surface area contributed by atoms with Gasteiger partial charge in [0.05, 0.1) is 19.8 Å². The minimum atomic E-state index is 0.0694. The second kappa shape index (κ2) is 18.2. The number of nitrogens with two attached hydrogens (primary N) is 1. The Labute approximate surface area is 105 Å². The summed E-state index contributed by atoms with van der Waals surface area (Å²) < 4.78 is 0. The Morgan fingerprint density at radius 2 is 1.29 bits per heavy atom. The largest absolute Gasteiger partial charge is 0.395 e. The van der Waals surface area contributed by atoms with E-state index < -0.39 is 0 Å². The first-order chi connectivity index (χ1) is 8.26. The van der Waals surface area contributed by atoms with E-state index in [2.05, 4.69) is 6.92 Å². The minimum Gasteiger partial charge on any atom is -0.395 e. The molecule has 17 heavy (non-hydrogen) atoms. The fourth-order valence-corrected chi connectivity index (χ4v) is 1.33. The number of rotatable bonds is 10. The molecule has 5 heteroatoms. The fraction of sp³-hybridized carbons (Fsp3) is 1.00. The lowest BCUT2D eigenvalue weighted by atomic mass is 10.2. The molecule has 0 heterocycles. The number of aliphatic hydroxyl groups is 3. The Morgan fingerprint density at radius 1 is 0.824 bits per heavy atom. The van der Waals surface area contributed by atoms with Gasteiger partial charge in [0, 0.05) is 19.6 Å². The molecule has 0 aliphatic rings. The maximum absolute atomic E-state index is 8.48. The van der Waals surface area contributed by atoms with Crippen molar-refractivity contribution in [3.8, 4) is 0 Å². The van der Waals surface area contributed by atoms with E-state index in [4.69, 9.17) is 21.1 Å². The Hall–Kier alpha value is -0.200. The molecular weight excluding hydrogens is 220 g/mol. The molecule has 0 rings (SSSR count). The molecule has 0 saturated carbocycles. The van der Waals surface area contributed by atoms with E-state index in [-0.39, 0.29) is 19.8 Å². The van der Waals surface area contributed by atoms with E-state index in [0.29, 0.717) is 19.6 Å². The number of unbranched alkanes of at least 4 members (excludes halogenated alkanes) is 3. The van der Waals surface area contributed by atoms with Crippen molar-refractivity contribution in [3.63, 3.8) is 0 Å². The first-order valence-electron chi connectivity index (χ1n) is 6.51. The molecule has 0 aromatic carbocycles. The van der Waals surface area contributed by atoms with Crippen LogP contribution in [-0.4, -0.2) is 66.2 Å². The van der Waals surface area contributed by atoms with Gasteiger partial charge < -0.3 is 21.1 Å². The number of nitrogens with zero attached hydrogens (tertiary/aromatic N) is 1. The maximum atomic E-state index is 8.48. The standard InChI is InChI=1S/C6H15NO3.C6H15N/c8-4-1-7(2-5-9)3-6-10;1-2-3-4-5-6-7/h8-10H,1-6H2;2-7H2,1H3. The molecule has 106 valence electrons. The van der Waals surface area contributed by atoms with Crippen molar-refractivity contribution in [2.24, 2.45) is 5.73 Å². The van der Waals surface area contributed by atoms with Gasteiger partial charge in [-0.3, -0.25) is 4.90 Å². The second-order valence-corrected chi connectivity index (χ2v) is 3.86. The first kappa shape index (κ1) is 19.1. The van der Waals surface area contributed by atoms with E-state index in [0.717, 1.165) is 6.54 Å². The molecule has 0 aromatic heterocycles. The van der Waals surface area contributed by atoms with Crippen LogP contribution in [0.5, 0.6) is 0 Å². The Bertz CT molecular complexity index is 108. The molecule has 0 aliphatic heterocycles. The molecule has 0 aliphatic carbocycles. The molecule has 0 bridgehead atoms. The minimum absolute atomic E-state index is 0.0694. The van der Waals surface area contributed by atoms with Crippen molar-refractivity contribution in [3.05, 3.63) is 0 Å². The Morgan fingerprint density at radius 3 is 1.59 bits per heavy atom. The van der Waals surface area contributed by atoms with Gasteiger partial charge in [-0.25, -0.2) is 0 Å². The summed E-state index contributed by atoms with van der Waals surface area (Å²) in [6, 6.07) is 0. The molecule has 5 nitrogen and oxygen atoms in total. The zero-order valence-electron chi connectivity index (χ0n) is 11.1. The van der Waals surface area contributed by atoms with E-state index >= 15 is 0 Å². The van der Waals surface area contributed by atoms with Crippen molar-refractivity contribution in [1.29, 1.82) is 0 Å². The molecule has 0 spiro atoms. The summed E-state index contributed by atoms with van der Waals surface area (Å²) in [7, 11) is 0. The van der Waals surface area contributed by atoms with Crippen LogP contribution in [0.1, 0.15) is 32.6 Å². The summed E-state index contributed by atoms with van der Waals surface area (Å²) >= 11 is 0. The molecule has 0 saturated heterocycles. The molecular formula is C12H30N2O3. The third-order valence-electron chi connectivity index (χ3n) is 2.31. The molecule has 0 amide bonds.